The lowest BCUT2D eigenvalue weighted by molar-refractivity contribution is -0.123. The minimum Gasteiger partial charge on any atom is -0.467 e. The number of hydrogen-bond donors (Lipinski definition) is 2. The molecule has 1 aliphatic carbocycles. The van der Waals surface area contributed by atoms with E-state index in [4.69, 9.17) is 4.74 Å². The van der Waals surface area contributed by atoms with Gasteiger partial charge in [0.2, 0.25) is 17.8 Å². The van der Waals surface area contributed by atoms with Gasteiger partial charge in [-0.25, -0.2) is 0 Å². The number of methoxy groups -OCH3 is 1. The largest absolute Gasteiger partial charge is 0.467 e. The molecule has 3 heterocycles. The van der Waals surface area contributed by atoms with Gasteiger partial charge in [-0.3, -0.25) is 4.79 Å². The van der Waals surface area contributed by atoms with Crippen LogP contribution in [0.2, 0.25) is 0 Å². The molecule has 1 aromatic heterocycles. The van der Waals surface area contributed by atoms with Gasteiger partial charge in [-0.05, 0) is 38.0 Å². The summed E-state index contributed by atoms with van der Waals surface area (Å²) in [5.41, 5.74) is 0. The summed E-state index contributed by atoms with van der Waals surface area (Å²) in [7, 11) is 1.58. The van der Waals surface area contributed by atoms with E-state index in [9.17, 15) is 4.79 Å². The molecule has 2 atom stereocenters. The third-order valence-corrected chi connectivity index (χ3v) is 5.56. The first kappa shape index (κ1) is 17.3. The van der Waals surface area contributed by atoms with Crippen LogP contribution in [0.25, 0.3) is 0 Å². The Balaban J connectivity index is 1.53. The first-order valence-electron chi connectivity index (χ1n) is 9.84. The number of carbonyl (C=O) groups is 1. The van der Waals surface area contributed by atoms with E-state index in [1.165, 1.54) is 25.7 Å². The maximum Gasteiger partial charge on any atom is 0.322 e. The van der Waals surface area contributed by atoms with Crippen LogP contribution in [0.3, 0.4) is 0 Å². The van der Waals surface area contributed by atoms with Crippen LogP contribution in [0.4, 0.5) is 11.9 Å². The molecule has 2 saturated heterocycles. The number of piperidine rings is 1. The minimum atomic E-state index is 0.151. The van der Waals surface area contributed by atoms with Crippen molar-refractivity contribution in [1.29, 1.82) is 0 Å². The summed E-state index contributed by atoms with van der Waals surface area (Å²) < 4.78 is 5.31. The first-order valence-corrected chi connectivity index (χ1v) is 9.84. The SMILES string of the molecule is COc1nc(NC2CCC(=O)NC2C2CC2)nc(N2CCCCCC2)n1. The molecule has 26 heavy (non-hydrogen) atoms. The zero-order chi connectivity index (χ0) is 17.9. The molecule has 1 saturated carbocycles. The van der Waals surface area contributed by atoms with Crippen molar-refractivity contribution in [1.82, 2.24) is 20.3 Å². The van der Waals surface area contributed by atoms with Gasteiger partial charge >= 0.3 is 6.01 Å². The smallest absolute Gasteiger partial charge is 0.322 e. The van der Waals surface area contributed by atoms with Crippen molar-refractivity contribution in [3.63, 3.8) is 0 Å². The van der Waals surface area contributed by atoms with Crippen molar-refractivity contribution in [3.8, 4) is 6.01 Å². The Labute approximate surface area is 154 Å². The van der Waals surface area contributed by atoms with E-state index in [-0.39, 0.29) is 18.0 Å². The van der Waals surface area contributed by atoms with Crippen molar-refractivity contribution in [3.05, 3.63) is 0 Å². The van der Waals surface area contributed by atoms with Gasteiger partial charge < -0.3 is 20.3 Å². The zero-order valence-electron chi connectivity index (χ0n) is 15.4. The maximum atomic E-state index is 11.8. The summed E-state index contributed by atoms with van der Waals surface area (Å²) in [6, 6.07) is 0.662. The fraction of sp³-hybridized carbons (Fsp3) is 0.778. The monoisotopic (exact) mass is 360 g/mol. The predicted octanol–water partition coefficient (Wildman–Crippen LogP) is 1.73. The maximum absolute atomic E-state index is 11.8. The molecule has 0 radical (unpaired) electrons. The van der Waals surface area contributed by atoms with Crippen LogP contribution in [0.15, 0.2) is 0 Å². The molecule has 3 fully saturated rings. The normalized spacial score (nSPS) is 26.8. The van der Waals surface area contributed by atoms with Crippen molar-refractivity contribution >= 4 is 17.8 Å². The van der Waals surface area contributed by atoms with Gasteiger partial charge in [-0.15, -0.1) is 0 Å². The van der Waals surface area contributed by atoms with E-state index in [1.54, 1.807) is 7.11 Å². The second kappa shape index (κ2) is 7.63. The molecular formula is C18H28N6O2. The Bertz CT molecular complexity index is 643. The van der Waals surface area contributed by atoms with Gasteiger partial charge in [0, 0.05) is 19.5 Å². The summed E-state index contributed by atoms with van der Waals surface area (Å²) in [5.74, 6) is 1.95. The summed E-state index contributed by atoms with van der Waals surface area (Å²) in [6.45, 7) is 1.94. The van der Waals surface area contributed by atoms with Crippen LogP contribution in [-0.4, -0.2) is 53.1 Å². The fourth-order valence-electron chi connectivity index (χ4n) is 3.97. The highest BCUT2D eigenvalue weighted by atomic mass is 16.5. The van der Waals surface area contributed by atoms with Crippen LogP contribution < -0.4 is 20.3 Å². The topological polar surface area (TPSA) is 92.3 Å². The number of rotatable bonds is 5. The highest BCUT2D eigenvalue weighted by Crippen LogP contribution is 2.37. The van der Waals surface area contributed by atoms with E-state index in [1.807, 2.05) is 0 Å². The van der Waals surface area contributed by atoms with Gasteiger partial charge in [0.25, 0.3) is 0 Å². The van der Waals surface area contributed by atoms with Crippen LogP contribution in [-0.2, 0) is 4.79 Å². The van der Waals surface area contributed by atoms with Gasteiger partial charge in [-0.1, -0.05) is 12.8 Å². The fourth-order valence-corrected chi connectivity index (χ4v) is 3.97. The van der Waals surface area contributed by atoms with E-state index >= 15 is 0 Å². The highest BCUT2D eigenvalue weighted by molar-refractivity contribution is 5.77. The van der Waals surface area contributed by atoms with E-state index < -0.39 is 0 Å². The van der Waals surface area contributed by atoms with Crippen molar-refractivity contribution < 1.29 is 9.53 Å². The number of aromatic nitrogens is 3. The standard InChI is InChI=1S/C18H28N6O2/c1-26-18-22-16(21-17(23-18)24-10-4-2-3-5-11-24)19-13-8-9-14(25)20-15(13)12-6-7-12/h12-13,15H,2-11H2,1H3,(H,20,25)(H,19,21,22,23). The third-order valence-electron chi connectivity index (χ3n) is 5.56. The lowest BCUT2D eigenvalue weighted by atomic mass is 9.94. The van der Waals surface area contributed by atoms with Gasteiger partial charge in [-0.2, -0.15) is 15.0 Å². The zero-order valence-corrected chi connectivity index (χ0v) is 15.4. The Morgan fingerprint density at radius 3 is 2.54 bits per heavy atom. The number of hydrogen-bond acceptors (Lipinski definition) is 7. The lowest BCUT2D eigenvalue weighted by Crippen LogP contribution is -2.52. The van der Waals surface area contributed by atoms with Gasteiger partial charge in [0.05, 0.1) is 19.2 Å². The van der Waals surface area contributed by atoms with Gasteiger partial charge in [0.1, 0.15) is 0 Å². The summed E-state index contributed by atoms with van der Waals surface area (Å²) >= 11 is 0. The Hall–Kier alpha value is -2.12. The molecule has 142 valence electrons. The molecule has 8 nitrogen and oxygen atoms in total. The number of amides is 1. The number of ether oxygens (including phenoxy) is 1. The van der Waals surface area contributed by atoms with Crippen molar-refractivity contribution in [2.45, 2.75) is 63.5 Å². The van der Waals surface area contributed by atoms with E-state index in [0.717, 1.165) is 32.4 Å². The van der Waals surface area contributed by atoms with Crippen LogP contribution in [0.5, 0.6) is 6.01 Å². The Kier molecular flexibility index (Phi) is 5.08. The number of nitrogens with one attached hydrogen (secondary N) is 2. The van der Waals surface area contributed by atoms with Crippen molar-refractivity contribution in [2.75, 3.05) is 30.4 Å². The average Bonchev–Trinajstić information content (AvgIpc) is 3.50. The van der Waals surface area contributed by atoms with E-state index in [2.05, 4.69) is 30.5 Å². The molecule has 0 spiro atoms. The lowest BCUT2D eigenvalue weighted by Gasteiger charge is -2.33. The summed E-state index contributed by atoms with van der Waals surface area (Å²) in [4.78, 5) is 27.6. The molecule has 0 bridgehead atoms. The molecule has 3 aliphatic rings. The molecule has 4 rings (SSSR count). The van der Waals surface area contributed by atoms with Crippen LogP contribution in [0, 0.1) is 5.92 Å². The van der Waals surface area contributed by atoms with E-state index in [0.29, 0.717) is 30.2 Å². The van der Waals surface area contributed by atoms with Gasteiger partial charge in [0.15, 0.2) is 0 Å². The average molecular weight is 360 g/mol. The highest BCUT2D eigenvalue weighted by Gasteiger charge is 2.40. The van der Waals surface area contributed by atoms with Crippen molar-refractivity contribution in [2.24, 2.45) is 5.92 Å². The van der Waals surface area contributed by atoms with Crippen LogP contribution >= 0.6 is 0 Å². The molecular weight excluding hydrogens is 332 g/mol. The minimum absolute atomic E-state index is 0.151. The summed E-state index contributed by atoms with van der Waals surface area (Å²) in [6.07, 6.45) is 8.56. The second-order valence-electron chi connectivity index (χ2n) is 7.57. The van der Waals surface area contributed by atoms with Crippen LogP contribution in [0.1, 0.15) is 51.4 Å². The molecule has 2 aliphatic heterocycles. The number of anilines is 2. The molecule has 2 N–H and O–H groups in total. The first-order chi connectivity index (χ1) is 12.7. The number of carbonyl (C=O) groups excluding carboxylic acids is 1. The Morgan fingerprint density at radius 1 is 1.08 bits per heavy atom. The summed E-state index contributed by atoms with van der Waals surface area (Å²) in [5, 5.41) is 6.61. The Morgan fingerprint density at radius 2 is 1.85 bits per heavy atom. The quantitative estimate of drug-likeness (QED) is 0.826. The second-order valence-corrected chi connectivity index (χ2v) is 7.57. The molecule has 1 amide bonds. The molecule has 0 aromatic carbocycles. The number of nitrogens with zero attached hydrogens (tertiary/aromatic N) is 4. The molecule has 8 heteroatoms. The predicted molar refractivity (Wildman–Crippen MR) is 98.4 cm³/mol. The third kappa shape index (κ3) is 3.99. The molecule has 2 unspecified atom stereocenters. The molecule has 1 aromatic rings.